The van der Waals surface area contributed by atoms with Gasteiger partial charge in [0.25, 0.3) is 0 Å². The van der Waals surface area contributed by atoms with Crippen LogP contribution in [0.25, 0.3) is 0 Å². The van der Waals surface area contributed by atoms with Crippen LogP contribution in [-0.4, -0.2) is 21.3 Å². The molecule has 0 spiro atoms. The molecule has 4 aliphatic rings. The van der Waals surface area contributed by atoms with Crippen molar-refractivity contribution in [3.63, 3.8) is 0 Å². The number of aromatic nitrogens is 1. The van der Waals surface area contributed by atoms with Crippen molar-refractivity contribution in [2.24, 2.45) is 40.4 Å². The van der Waals surface area contributed by atoms with Gasteiger partial charge in [-0.1, -0.05) is 38.5 Å². The van der Waals surface area contributed by atoms with Gasteiger partial charge in [-0.15, -0.1) is 0 Å². The highest BCUT2D eigenvalue weighted by molar-refractivity contribution is 5.25. The molecule has 3 heteroatoms. The fourth-order valence-corrected chi connectivity index (χ4v) is 8.98. The summed E-state index contributed by atoms with van der Waals surface area (Å²) in [5.74, 6) is 3.92. The first-order valence-corrected chi connectivity index (χ1v) is 13.3. The SMILES string of the molecule is C[C@H](CCC(O)c1cccnc1)C1CCC2C3CC=C4CC(O)CCC4(C)C3CCC21C. The van der Waals surface area contributed by atoms with Crippen molar-refractivity contribution in [1.29, 1.82) is 0 Å². The number of hydrogen-bond acceptors (Lipinski definition) is 3. The number of pyridine rings is 1. The molecule has 9 atom stereocenters. The van der Waals surface area contributed by atoms with Crippen molar-refractivity contribution in [3.05, 3.63) is 41.7 Å². The molecule has 4 aliphatic carbocycles. The van der Waals surface area contributed by atoms with Crippen LogP contribution in [0, 0.1) is 40.4 Å². The quantitative estimate of drug-likeness (QED) is 0.519. The van der Waals surface area contributed by atoms with Crippen molar-refractivity contribution >= 4 is 0 Å². The monoisotopic (exact) mass is 437 g/mol. The van der Waals surface area contributed by atoms with Crippen LogP contribution in [0.1, 0.15) is 96.6 Å². The smallest absolute Gasteiger partial charge is 0.0805 e. The molecule has 3 nitrogen and oxygen atoms in total. The van der Waals surface area contributed by atoms with Crippen LogP contribution in [0.5, 0.6) is 0 Å². The first kappa shape index (κ1) is 22.6. The van der Waals surface area contributed by atoms with Crippen LogP contribution >= 0.6 is 0 Å². The number of allylic oxidation sites excluding steroid dienone is 1. The lowest BCUT2D eigenvalue weighted by Crippen LogP contribution is -2.50. The summed E-state index contributed by atoms with van der Waals surface area (Å²) in [5, 5.41) is 20.9. The Morgan fingerprint density at radius 3 is 2.72 bits per heavy atom. The van der Waals surface area contributed by atoms with E-state index in [2.05, 4.69) is 31.8 Å². The Hall–Kier alpha value is -1.19. The van der Waals surface area contributed by atoms with Crippen molar-refractivity contribution < 1.29 is 10.2 Å². The van der Waals surface area contributed by atoms with Crippen molar-refractivity contribution in [2.75, 3.05) is 0 Å². The van der Waals surface area contributed by atoms with E-state index in [1.807, 2.05) is 12.1 Å². The average Bonchev–Trinajstić information content (AvgIpc) is 3.15. The van der Waals surface area contributed by atoms with E-state index in [1.54, 1.807) is 18.0 Å². The maximum Gasteiger partial charge on any atom is 0.0805 e. The third-order valence-corrected chi connectivity index (χ3v) is 10.8. The summed E-state index contributed by atoms with van der Waals surface area (Å²) in [5.41, 5.74) is 3.32. The van der Waals surface area contributed by atoms with Crippen molar-refractivity contribution in [3.8, 4) is 0 Å². The largest absolute Gasteiger partial charge is 0.393 e. The highest BCUT2D eigenvalue weighted by Gasteiger charge is 2.59. The third-order valence-electron chi connectivity index (χ3n) is 10.8. The molecule has 0 saturated heterocycles. The lowest BCUT2D eigenvalue weighted by atomic mass is 9.47. The molecule has 1 heterocycles. The summed E-state index contributed by atoms with van der Waals surface area (Å²) < 4.78 is 0. The fourth-order valence-electron chi connectivity index (χ4n) is 8.98. The molecule has 3 fully saturated rings. The summed E-state index contributed by atoms with van der Waals surface area (Å²) in [6.07, 6.45) is 17.4. The zero-order valence-corrected chi connectivity index (χ0v) is 20.3. The topological polar surface area (TPSA) is 53.4 Å². The minimum absolute atomic E-state index is 0.113. The van der Waals surface area contributed by atoms with E-state index < -0.39 is 6.10 Å². The van der Waals surface area contributed by atoms with E-state index in [9.17, 15) is 10.2 Å². The van der Waals surface area contributed by atoms with Gasteiger partial charge in [0, 0.05) is 12.4 Å². The molecule has 0 amide bonds. The van der Waals surface area contributed by atoms with Crippen molar-refractivity contribution in [1.82, 2.24) is 4.98 Å². The van der Waals surface area contributed by atoms with E-state index in [4.69, 9.17) is 0 Å². The predicted octanol–water partition coefficient (Wildman–Crippen LogP) is 6.47. The van der Waals surface area contributed by atoms with Gasteiger partial charge in [-0.05, 0) is 116 Å². The van der Waals surface area contributed by atoms with Crippen LogP contribution in [0.4, 0.5) is 0 Å². The number of rotatable bonds is 5. The van der Waals surface area contributed by atoms with Gasteiger partial charge in [-0.2, -0.15) is 0 Å². The first-order chi connectivity index (χ1) is 15.3. The Bertz CT molecular complexity index is 837. The molecule has 176 valence electrons. The zero-order chi connectivity index (χ0) is 22.5. The van der Waals surface area contributed by atoms with Gasteiger partial charge in [-0.25, -0.2) is 0 Å². The Morgan fingerprint density at radius 2 is 1.94 bits per heavy atom. The van der Waals surface area contributed by atoms with Crippen LogP contribution in [0.3, 0.4) is 0 Å². The third kappa shape index (κ3) is 3.68. The maximum atomic E-state index is 10.7. The van der Waals surface area contributed by atoms with Gasteiger partial charge in [-0.3, -0.25) is 4.98 Å². The van der Waals surface area contributed by atoms with E-state index in [0.717, 1.165) is 54.9 Å². The first-order valence-electron chi connectivity index (χ1n) is 13.3. The second-order valence-electron chi connectivity index (χ2n) is 12.2. The summed E-state index contributed by atoms with van der Waals surface area (Å²) in [6.45, 7) is 7.59. The summed E-state index contributed by atoms with van der Waals surface area (Å²) >= 11 is 0. The number of hydrogen-bond donors (Lipinski definition) is 2. The molecule has 0 radical (unpaired) electrons. The normalized spacial score (nSPS) is 42.9. The maximum absolute atomic E-state index is 10.7. The second-order valence-corrected chi connectivity index (χ2v) is 12.2. The van der Waals surface area contributed by atoms with Gasteiger partial charge < -0.3 is 10.2 Å². The molecule has 0 aliphatic heterocycles. The molecule has 3 saturated carbocycles. The molecule has 1 aromatic rings. The van der Waals surface area contributed by atoms with Gasteiger partial charge in [0.2, 0.25) is 0 Å². The molecule has 2 N–H and O–H groups in total. The van der Waals surface area contributed by atoms with E-state index in [0.29, 0.717) is 16.7 Å². The number of nitrogens with zero attached hydrogens (tertiary/aromatic N) is 1. The van der Waals surface area contributed by atoms with Crippen LogP contribution in [-0.2, 0) is 0 Å². The predicted molar refractivity (Wildman–Crippen MR) is 129 cm³/mol. The van der Waals surface area contributed by atoms with Gasteiger partial charge in [0.1, 0.15) is 0 Å². The highest BCUT2D eigenvalue weighted by Crippen LogP contribution is 2.67. The van der Waals surface area contributed by atoms with Crippen LogP contribution < -0.4 is 0 Å². The van der Waals surface area contributed by atoms with E-state index in [-0.39, 0.29) is 6.10 Å². The number of aliphatic hydroxyl groups excluding tert-OH is 2. The van der Waals surface area contributed by atoms with Crippen molar-refractivity contribution in [2.45, 2.75) is 97.2 Å². The van der Waals surface area contributed by atoms with E-state index >= 15 is 0 Å². The van der Waals surface area contributed by atoms with Gasteiger partial charge in [0.05, 0.1) is 12.2 Å². The zero-order valence-electron chi connectivity index (χ0n) is 20.3. The fraction of sp³-hybridized carbons (Fsp3) is 0.759. The van der Waals surface area contributed by atoms with E-state index in [1.165, 1.54) is 38.5 Å². The average molecular weight is 438 g/mol. The minimum atomic E-state index is -0.393. The summed E-state index contributed by atoms with van der Waals surface area (Å²) in [7, 11) is 0. The minimum Gasteiger partial charge on any atom is -0.393 e. The molecule has 1 aromatic heterocycles. The molecule has 8 unspecified atom stereocenters. The molecule has 32 heavy (non-hydrogen) atoms. The lowest BCUT2D eigenvalue weighted by Gasteiger charge is -2.58. The number of fused-ring (bicyclic) bond motifs is 5. The van der Waals surface area contributed by atoms with Crippen LogP contribution in [0.15, 0.2) is 36.2 Å². The molecule has 0 aromatic carbocycles. The standard InChI is InChI=1S/C29H43NO2/c1-19(6-11-27(32)20-5-4-16-30-18-20)24-9-10-25-23-8-7-21-17-22(31)12-14-28(21,2)26(23)13-15-29(24,25)3/h4-5,7,16,18-19,22-27,31-32H,6,8-15,17H2,1-3H3/t19-,22?,23?,24?,25?,26?,27?,28?,29?/m1/s1. The Balaban J connectivity index is 1.27. The summed E-state index contributed by atoms with van der Waals surface area (Å²) in [6, 6.07) is 3.91. The molecule has 5 rings (SSSR count). The Morgan fingerprint density at radius 1 is 1.09 bits per heavy atom. The summed E-state index contributed by atoms with van der Waals surface area (Å²) in [4.78, 5) is 4.17. The molecular weight excluding hydrogens is 394 g/mol. The lowest BCUT2D eigenvalue weighted by molar-refractivity contribution is -0.0577. The molecular formula is C29H43NO2. The van der Waals surface area contributed by atoms with Gasteiger partial charge in [0.15, 0.2) is 0 Å². The Labute approximate surface area is 194 Å². The second kappa shape index (κ2) is 8.55. The Kier molecular flexibility index (Phi) is 6.03. The highest BCUT2D eigenvalue weighted by atomic mass is 16.3. The van der Waals surface area contributed by atoms with Gasteiger partial charge >= 0.3 is 0 Å². The number of aliphatic hydroxyl groups is 2. The van der Waals surface area contributed by atoms with Crippen LogP contribution in [0.2, 0.25) is 0 Å². The molecule has 0 bridgehead atoms.